The van der Waals surface area contributed by atoms with Crippen molar-refractivity contribution in [3.8, 4) is 0 Å². The Kier molecular flexibility index (Phi) is 5.50. The van der Waals surface area contributed by atoms with Crippen molar-refractivity contribution in [2.75, 3.05) is 13.2 Å². The summed E-state index contributed by atoms with van der Waals surface area (Å²) >= 11 is 0. The third kappa shape index (κ3) is 3.71. The number of ether oxygens (including phenoxy) is 1. The average molecular weight is 253 g/mol. The fourth-order valence-corrected chi connectivity index (χ4v) is 3.82. The summed E-state index contributed by atoms with van der Waals surface area (Å²) in [7, 11) is 0. The Morgan fingerprint density at radius 3 is 2.61 bits per heavy atom. The zero-order valence-electron chi connectivity index (χ0n) is 12.3. The summed E-state index contributed by atoms with van der Waals surface area (Å²) in [6.07, 6.45) is 12.5. The molecule has 1 aliphatic heterocycles. The second-order valence-electron chi connectivity index (χ2n) is 6.46. The van der Waals surface area contributed by atoms with Gasteiger partial charge in [0.15, 0.2) is 0 Å². The van der Waals surface area contributed by atoms with E-state index in [1.165, 1.54) is 57.8 Å². The molecular formula is C16H31NO. The van der Waals surface area contributed by atoms with Crippen LogP contribution in [0.5, 0.6) is 0 Å². The lowest BCUT2D eigenvalue weighted by Gasteiger charge is -2.35. The summed E-state index contributed by atoms with van der Waals surface area (Å²) in [6.45, 7) is 6.55. The first-order valence-corrected chi connectivity index (χ1v) is 8.12. The Morgan fingerprint density at radius 2 is 2.00 bits per heavy atom. The molecule has 1 saturated heterocycles. The topological polar surface area (TPSA) is 21.3 Å². The highest BCUT2D eigenvalue weighted by Crippen LogP contribution is 2.33. The third-order valence-corrected chi connectivity index (χ3v) is 5.03. The smallest absolute Gasteiger partial charge is 0.0807 e. The Morgan fingerprint density at radius 1 is 1.22 bits per heavy atom. The van der Waals surface area contributed by atoms with Crippen LogP contribution in [0.1, 0.15) is 71.6 Å². The van der Waals surface area contributed by atoms with Gasteiger partial charge in [0.05, 0.1) is 5.60 Å². The minimum absolute atomic E-state index is 0.102. The second-order valence-corrected chi connectivity index (χ2v) is 6.46. The standard InChI is InChI=1S/C16H31NO/c1-3-17-15(16(2)12-7-13-18-16)11-10-14-8-5-4-6-9-14/h14-15,17H,3-13H2,1-2H3. The monoisotopic (exact) mass is 253 g/mol. The molecular weight excluding hydrogens is 222 g/mol. The maximum Gasteiger partial charge on any atom is 0.0807 e. The molecule has 0 radical (unpaired) electrons. The van der Waals surface area contributed by atoms with E-state index in [9.17, 15) is 0 Å². The van der Waals surface area contributed by atoms with Gasteiger partial charge in [-0.05, 0) is 45.1 Å². The molecule has 2 atom stereocenters. The summed E-state index contributed by atoms with van der Waals surface area (Å²) < 4.78 is 6.03. The molecule has 0 spiro atoms. The van der Waals surface area contributed by atoms with E-state index < -0.39 is 0 Å². The van der Waals surface area contributed by atoms with Gasteiger partial charge in [-0.3, -0.25) is 0 Å². The lowest BCUT2D eigenvalue weighted by molar-refractivity contribution is -0.0153. The predicted molar refractivity (Wildman–Crippen MR) is 76.9 cm³/mol. The van der Waals surface area contributed by atoms with E-state index in [4.69, 9.17) is 4.74 Å². The molecule has 2 aliphatic rings. The van der Waals surface area contributed by atoms with Crippen molar-refractivity contribution < 1.29 is 4.74 Å². The minimum atomic E-state index is 0.102. The van der Waals surface area contributed by atoms with Crippen LogP contribution in [0.3, 0.4) is 0 Å². The van der Waals surface area contributed by atoms with Crippen LogP contribution in [-0.4, -0.2) is 24.8 Å². The van der Waals surface area contributed by atoms with Crippen molar-refractivity contribution in [1.82, 2.24) is 5.32 Å². The molecule has 2 heteroatoms. The van der Waals surface area contributed by atoms with Crippen LogP contribution in [-0.2, 0) is 4.74 Å². The maximum absolute atomic E-state index is 6.03. The average Bonchev–Trinajstić information content (AvgIpc) is 2.84. The molecule has 0 aromatic rings. The predicted octanol–water partition coefficient (Wildman–Crippen LogP) is 3.89. The fraction of sp³-hybridized carbons (Fsp3) is 1.00. The van der Waals surface area contributed by atoms with Gasteiger partial charge < -0.3 is 10.1 Å². The fourth-order valence-electron chi connectivity index (χ4n) is 3.82. The van der Waals surface area contributed by atoms with Crippen LogP contribution >= 0.6 is 0 Å². The number of rotatable bonds is 6. The highest BCUT2D eigenvalue weighted by molar-refractivity contribution is 4.92. The SMILES string of the molecule is CCNC(CCC1CCCCC1)C1(C)CCCO1. The molecule has 1 saturated carbocycles. The Bertz CT molecular complexity index is 229. The lowest BCUT2D eigenvalue weighted by atomic mass is 9.82. The second kappa shape index (κ2) is 6.91. The lowest BCUT2D eigenvalue weighted by Crippen LogP contribution is -2.48. The van der Waals surface area contributed by atoms with E-state index in [0.29, 0.717) is 6.04 Å². The van der Waals surface area contributed by atoms with E-state index >= 15 is 0 Å². The van der Waals surface area contributed by atoms with Gasteiger partial charge in [-0.2, -0.15) is 0 Å². The van der Waals surface area contributed by atoms with Crippen LogP contribution in [0.2, 0.25) is 0 Å². The maximum atomic E-state index is 6.03. The minimum Gasteiger partial charge on any atom is -0.374 e. The molecule has 1 N–H and O–H groups in total. The van der Waals surface area contributed by atoms with E-state index in [1.54, 1.807) is 0 Å². The summed E-state index contributed by atoms with van der Waals surface area (Å²) in [6, 6.07) is 0.562. The van der Waals surface area contributed by atoms with Gasteiger partial charge in [0, 0.05) is 12.6 Å². The van der Waals surface area contributed by atoms with Crippen LogP contribution in [0.25, 0.3) is 0 Å². The highest BCUT2D eigenvalue weighted by Gasteiger charge is 2.37. The largest absolute Gasteiger partial charge is 0.374 e. The first-order chi connectivity index (χ1) is 8.74. The van der Waals surface area contributed by atoms with Crippen molar-refractivity contribution in [2.45, 2.75) is 83.3 Å². The molecule has 1 aliphatic carbocycles. The van der Waals surface area contributed by atoms with Gasteiger partial charge in [0.25, 0.3) is 0 Å². The van der Waals surface area contributed by atoms with Crippen LogP contribution in [0.4, 0.5) is 0 Å². The first kappa shape index (κ1) is 14.3. The van der Waals surface area contributed by atoms with E-state index in [-0.39, 0.29) is 5.60 Å². The van der Waals surface area contributed by atoms with Crippen molar-refractivity contribution in [3.05, 3.63) is 0 Å². The van der Waals surface area contributed by atoms with E-state index in [1.807, 2.05) is 0 Å². The van der Waals surface area contributed by atoms with Crippen molar-refractivity contribution in [3.63, 3.8) is 0 Å². The molecule has 2 rings (SSSR count). The molecule has 2 fully saturated rings. The Hall–Kier alpha value is -0.0800. The van der Waals surface area contributed by atoms with Gasteiger partial charge in [0.2, 0.25) is 0 Å². The van der Waals surface area contributed by atoms with Gasteiger partial charge in [0.1, 0.15) is 0 Å². The van der Waals surface area contributed by atoms with Gasteiger partial charge in [-0.15, -0.1) is 0 Å². The third-order valence-electron chi connectivity index (χ3n) is 5.03. The highest BCUT2D eigenvalue weighted by atomic mass is 16.5. The number of hydrogen-bond donors (Lipinski definition) is 1. The van der Waals surface area contributed by atoms with Crippen LogP contribution in [0, 0.1) is 5.92 Å². The molecule has 0 aromatic heterocycles. The molecule has 2 nitrogen and oxygen atoms in total. The molecule has 0 amide bonds. The first-order valence-electron chi connectivity index (χ1n) is 8.12. The summed E-state index contributed by atoms with van der Waals surface area (Å²) in [4.78, 5) is 0. The molecule has 0 bridgehead atoms. The number of likely N-dealkylation sites (N-methyl/N-ethyl adjacent to an activating group) is 1. The molecule has 2 unspecified atom stereocenters. The zero-order chi connectivity index (χ0) is 12.8. The summed E-state index contributed by atoms with van der Waals surface area (Å²) in [5, 5.41) is 3.68. The van der Waals surface area contributed by atoms with Crippen LogP contribution in [0.15, 0.2) is 0 Å². The number of hydrogen-bond acceptors (Lipinski definition) is 2. The summed E-state index contributed by atoms with van der Waals surface area (Å²) in [5.41, 5.74) is 0.102. The molecule has 1 heterocycles. The van der Waals surface area contributed by atoms with E-state index in [2.05, 4.69) is 19.2 Å². The summed E-state index contributed by atoms with van der Waals surface area (Å²) in [5.74, 6) is 0.991. The molecule has 18 heavy (non-hydrogen) atoms. The van der Waals surface area contributed by atoms with Crippen molar-refractivity contribution >= 4 is 0 Å². The van der Waals surface area contributed by atoms with Crippen LogP contribution < -0.4 is 5.32 Å². The molecule has 0 aromatic carbocycles. The van der Waals surface area contributed by atoms with Crippen molar-refractivity contribution in [2.24, 2.45) is 5.92 Å². The van der Waals surface area contributed by atoms with Gasteiger partial charge in [-0.25, -0.2) is 0 Å². The Balaban J connectivity index is 1.81. The van der Waals surface area contributed by atoms with Crippen molar-refractivity contribution in [1.29, 1.82) is 0 Å². The number of nitrogens with one attached hydrogen (secondary N) is 1. The molecule has 106 valence electrons. The zero-order valence-corrected chi connectivity index (χ0v) is 12.3. The normalized spacial score (nSPS) is 31.7. The van der Waals surface area contributed by atoms with Gasteiger partial charge in [-0.1, -0.05) is 39.0 Å². The van der Waals surface area contributed by atoms with E-state index in [0.717, 1.165) is 19.1 Å². The van der Waals surface area contributed by atoms with Gasteiger partial charge >= 0.3 is 0 Å². The quantitative estimate of drug-likeness (QED) is 0.775. The Labute approximate surface area is 113 Å².